The van der Waals surface area contributed by atoms with Crippen molar-refractivity contribution in [3.05, 3.63) is 11.6 Å². The third-order valence-corrected chi connectivity index (χ3v) is 7.09. The van der Waals surface area contributed by atoms with Crippen LogP contribution in [0.4, 0.5) is 0 Å². The van der Waals surface area contributed by atoms with Crippen LogP contribution in [-0.4, -0.2) is 5.78 Å². The van der Waals surface area contributed by atoms with E-state index in [1.54, 1.807) is 5.57 Å². The Morgan fingerprint density at radius 2 is 2.00 bits per heavy atom. The van der Waals surface area contributed by atoms with E-state index in [9.17, 15) is 4.79 Å². The molecule has 0 aromatic rings. The number of fused-ring (bicyclic) bond motifs is 5. The van der Waals surface area contributed by atoms with Crippen molar-refractivity contribution in [1.82, 2.24) is 0 Å². The van der Waals surface area contributed by atoms with Crippen LogP contribution in [0.25, 0.3) is 0 Å². The fourth-order valence-electron chi connectivity index (χ4n) is 6.07. The molecular weight excluding hydrogens is 232 g/mol. The maximum atomic E-state index is 12.3. The van der Waals surface area contributed by atoms with Crippen molar-refractivity contribution in [3.8, 4) is 0 Å². The highest BCUT2D eigenvalue weighted by molar-refractivity contribution is 5.87. The highest BCUT2D eigenvalue weighted by Crippen LogP contribution is 2.60. The van der Waals surface area contributed by atoms with E-state index in [1.807, 2.05) is 0 Å². The van der Waals surface area contributed by atoms with Crippen LogP contribution < -0.4 is 0 Å². The van der Waals surface area contributed by atoms with Crippen molar-refractivity contribution in [2.75, 3.05) is 0 Å². The van der Waals surface area contributed by atoms with Gasteiger partial charge in [-0.1, -0.05) is 18.6 Å². The summed E-state index contributed by atoms with van der Waals surface area (Å²) in [6.45, 7) is 2.29. The van der Waals surface area contributed by atoms with E-state index in [4.69, 9.17) is 0 Å². The van der Waals surface area contributed by atoms with Crippen LogP contribution in [0.1, 0.15) is 64.7 Å². The number of hydrogen-bond acceptors (Lipinski definition) is 1. The molecule has 4 aliphatic rings. The lowest BCUT2D eigenvalue weighted by Crippen LogP contribution is -2.46. The fourth-order valence-corrected chi connectivity index (χ4v) is 6.07. The molecule has 0 radical (unpaired) electrons. The van der Waals surface area contributed by atoms with E-state index in [-0.39, 0.29) is 5.41 Å². The Hall–Kier alpha value is -0.590. The Morgan fingerprint density at radius 3 is 2.89 bits per heavy atom. The first-order valence-corrected chi connectivity index (χ1v) is 8.42. The van der Waals surface area contributed by atoms with Crippen LogP contribution in [-0.2, 0) is 4.79 Å². The van der Waals surface area contributed by atoms with Gasteiger partial charge in [-0.25, -0.2) is 0 Å². The number of carbonyl (C=O) groups is 1. The topological polar surface area (TPSA) is 17.1 Å². The first-order chi connectivity index (χ1) is 9.20. The van der Waals surface area contributed by atoms with Gasteiger partial charge in [0, 0.05) is 11.8 Å². The van der Waals surface area contributed by atoms with Crippen molar-refractivity contribution in [3.63, 3.8) is 0 Å². The zero-order valence-electron chi connectivity index (χ0n) is 12.2. The second kappa shape index (κ2) is 4.20. The van der Waals surface area contributed by atoms with Crippen molar-refractivity contribution in [2.24, 2.45) is 29.1 Å². The minimum Gasteiger partial charge on any atom is -0.299 e. The van der Waals surface area contributed by atoms with E-state index in [1.165, 1.54) is 51.4 Å². The Bertz CT molecular complexity index is 435. The van der Waals surface area contributed by atoms with Crippen LogP contribution in [0.2, 0.25) is 0 Å². The van der Waals surface area contributed by atoms with Gasteiger partial charge in [-0.15, -0.1) is 0 Å². The van der Waals surface area contributed by atoms with Gasteiger partial charge in [0.25, 0.3) is 0 Å². The molecule has 0 heterocycles. The minimum absolute atomic E-state index is 0.0665. The smallest absolute Gasteiger partial charge is 0.139 e. The second-order valence-corrected chi connectivity index (χ2v) is 7.71. The lowest BCUT2D eigenvalue weighted by atomic mass is 9.52. The molecule has 0 aliphatic heterocycles. The summed E-state index contributed by atoms with van der Waals surface area (Å²) in [5, 5.41) is 0. The van der Waals surface area contributed by atoms with Gasteiger partial charge in [0.15, 0.2) is 0 Å². The Labute approximate surface area is 116 Å². The molecule has 0 spiro atoms. The van der Waals surface area contributed by atoms with Gasteiger partial charge in [0.2, 0.25) is 0 Å². The molecule has 1 heteroatoms. The molecule has 104 valence electrons. The van der Waals surface area contributed by atoms with Gasteiger partial charge < -0.3 is 0 Å². The fraction of sp³-hybridized carbons (Fsp3) is 0.833. The number of Topliss-reactive ketones (excluding diaryl/α,β-unsaturated/α-hetero) is 1. The molecule has 4 rings (SSSR count). The molecule has 0 bridgehead atoms. The van der Waals surface area contributed by atoms with Crippen LogP contribution in [0.5, 0.6) is 0 Å². The van der Waals surface area contributed by atoms with E-state index in [2.05, 4.69) is 13.0 Å². The van der Waals surface area contributed by atoms with Crippen molar-refractivity contribution < 1.29 is 4.79 Å². The molecule has 4 aliphatic carbocycles. The van der Waals surface area contributed by atoms with E-state index < -0.39 is 0 Å². The maximum Gasteiger partial charge on any atom is 0.139 e. The SMILES string of the molecule is C[C@@]12CC[C@H]3[C@H](CCC4=CCCC[C@H]43)[C@@H]1CCC2=O. The number of rotatable bonds is 0. The highest BCUT2D eigenvalue weighted by atomic mass is 16.1. The van der Waals surface area contributed by atoms with Gasteiger partial charge in [-0.2, -0.15) is 0 Å². The molecular formula is C18H26O. The minimum atomic E-state index is 0.0665. The zero-order chi connectivity index (χ0) is 13.0. The Kier molecular flexibility index (Phi) is 2.69. The number of ketones is 1. The molecule has 0 unspecified atom stereocenters. The van der Waals surface area contributed by atoms with Crippen molar-refractivity contribution >= 4 is 5.78 Å². The summed E-state index contributed by atoms with van der Waals surface area (Å²) in [4.78, 5) is 12.3. The summed E-state index contributed by atoms with van der Waals surface area (Å²) in [6, 6.07) is 0. The summed E-state index contributed by atoms with van der Waals surface area (Å²) < 4.78 is 0. The third-order valence-electron chi connectivity index (χ3n) is 7.09. The number of carbonyl (C=O) groups excluding carboxylic acids is 1. The molecule has 3 fully saturated rings. The first kappa shape index (κ1) is 12.2. The zero-order valence-corrected chi connectivity index (χ0v) is 12.2. The van der Waals surface area contributed by atoms with E-state index in [0.717, 1.165) is 30.1 Å². The predicted octanol–water partition coefficient (Wildman–Crippen LogP) is 4.52. The first-order valence-electron chi connectivity index (χ1n) is 8.42. The van der Waals surface area contributed by atoms with E-state index >= 15 is 0 Å². The van der Waals surface area contributed by atoms with Crippen molar-refractivity contribution in [2.45, 2.75) is 64.7 Å². The predicted molar refractivity (Wildman–Crippen MR) is 76.7 cm³/mol. The summed E-state index contributed by atoms with van der Waals surface area (Å²) >= 11 is 0. The summed E-state index contributed by atoms with van der Waals surface area (Å²) in [6.07, 6.45) is 14.0. The highest BCUT2D eigenvalue weighted by Gasteiger charge is 2.55. The van der Waals surface area contributed by atoms with Gasteiger partial charge >= 0.3 is 0 Å². The van der Waals surface area contributed by atoms with Crippen LogP contribution in [0.15, 0.2) is 11.6 Å². The molecule has 0 amide bonds. The molecule has 0 saturated heterocycles. The lowest BCUT2D eigenvalue weighted by molar-refractivity contribution is -0.131. The molecule has 0 aromatic heterocycles. The van der Waals surface area contributed by atoms with Crippen LogP contribution in [0, 0.1) is 29.1 Å². The standard InChI is InChI=1S/C18H26O/c1-18-11-10-14-13-5-3-2-4-12(13)6-7-15(14)16(18)8-9-17(18)19/h4,13-16H,2-3,5-11H2,1H3/t13-,14-,15+,16+,18-/m1/s1. The molecule has 1 nitrogen and oxygen atoms in total. The monoisotopic (exact) mass is 258 g/mol. The molecule has 5 atom stereocenters. The van der Waals surface area contributed by atoms with Gasteiger partial charge in [-0.3, -0.25) is 4.79 Å². The van der Waals surface area contributed by atoms with Gasteiger partial charge in [0.05, 0.1) is 0 Å². The summed E-state index contributed by atoms with van der Waals surface area (Å²) in [7, 11) is 0. The quantitative estimate of drug-likeness (QED) is 0.584. The molecule has 3 saturated carbocycles. The number of allylic oxidation sites excluding steroid dienone is 2. The van der Waals surface area contributed by atoms with Gasteiger partial charge in [-0.05, 0) is 75.0 Å². The average Bonchev–Trinajstić information content (AvgIpc) is 2.75. The Balaban J connectivity index is 1.65. The van der Waals surface area contributed by atoms with Crippen molar-refractivity contribution in [1.29, 1.82) is 0 Å². The average molecular weight is 258 g/mol. The molecule has 0 N–H and O–H groups in total. The summed E-state index contributed by atoms with van der Waals surface area (Å²) in [5.41, 5.74) is 1.86. The maximum absolute atomic E-state index is 12.3. The molecule has 19 heavy (non-hydrogen) atoms. The third kappa shape index (κ3) is 1.63. The van der Waals surface area contributed by atoms with Gasteiger partial charge in [0.1, 0.15) is 5.78 Å². The van der Waals surface area contributed by atoms with Crippen LogP contribution in [0.3, 0.4) is 0 Å². The second-order valence-electron chi connectivity index (χ2n) is 7.71. The number of hydrogen-bond donors (Lipinski definition) is 0. The summed E-state index contributed by atoms with van der Waals surface area (Å²) in [5.74, 6) is 3.99. The lowest BCUT2D eigenvalue weighted by Gasteiger charge is -2.52. The normalized spacial score (nSPS) is 49.1. The van der Waals surface area contributed by atoms with Crippen LogP contribution >= 0.6 is 0 Å². The largest absolute Gasteiger partial charge is 0.299 e. The molecule has 0 aromatic carbocycles. The van der Waals surface area contributed by atoms with E-state index in [0.29, 0.717) is 5.78 Å². The Morgan fingerprint density at radius 1 is 1.11 bits per heavy atom.